The molecular formula is C14H14BrNO. The molecule has 0 aliphatic heterocycles. The highest BCUT2D eigenvalue weighted by atomic mass is 79.9. The first-order valence-corrected chi connectivity index (χ1v) is 6.20. The number of rotatable bonds is 3. The van der Waals surface area contributed by atoms with Gasteiger partial charge in [-0.05, 0) is 23.3 Å². The van der Waals surface area contributed by atoms with E-state index in [0.29, 0.717) is 0 Å². The van der Waals surface area contributed by atoms with Crippen molar-refractivity contribution in [3.8, 4) is 0 Å². The summed E-state index contributed by atoms with van der Waals surface area (Å²) in [4.78, 5) is 0. The lowest BCUT2D eigenvalue weighted by Gasteiger charge is -2.27. The van der Waals surface area contributed by atoms with Gasteiger partial charge in [0.1, 0.15) is 5.60 Å². The van der Waals surface area contributed by atoms with Gasteiger partial charge in [-0.15, -0.1) is 0 Å². The van der Waals surface area contributed by atoms with Crippen LogP contribution in [0.1, 0.15) is 11.1 Å². The summed E-state index contributed by atoms with van der Waals surface area (Å²) >= 11 is 3.38. The van der Waals surface area contributed by atoms with Crippen molar-refractivity contribution in [3.63, 3.8) is 0 Å². The summed E-state index contributed by atoms with van der Waals surface area (Å²) in [7, 11) is 0. The molecule has 2 rings (SSSR count). The molecule has 88 valence electrons. The zero-order valence-corrected chi connectivity index (χ0v) is 10.9. The van der Waals surface area contributed by atoms with Crippen molar-refractivity contribution >= 4 is 15.9 Å². The topological polar surface area (TPSA) is 46.2 Å². The van der Waals surface area contributed by atoms with Crippen molar-refractivity contribution < 1.29 is 5.11 Å². The second-order valence-electron chi connectivity index (χ2n) is 3.94. The van der Waals surface area contributed by atoms with E-state index in [9.17, 15) is 5.11 Å². The summed E-state index contributed by atoms with van der Waals surface area (Å²) in [6.07, 6.45) is 0. The van der Waals surface area contributed by atoms with Gasteiger partial charge in [0.05, 0.1) is 0 Å². The van der Waals surface area contributed by atoms with Crippen LogP contribution in [0.4, 0.5) is 0 Å². The third-order valence-electron chi connectivity index (χ3n) is 2.87. The molecule has 0 aliphatic carbocycles. The molecule has 2 nitrogen and oxygen atoms in total. The molecule has 0 bridgehead atoms. The molecule has 2 aromatic rings. The fourth-order valence-corrected chi connectivity index (χ4v) is 2.11. The van der Waals surface area contributed by atoms with Crippen LogP contribution in [0.2, 0.25) is 0 Å². The lowest BCUT2D eigenvalue weighted by molar-refractivity contribution is 0.0902. The van der Waals surface area contributed by atoms with Crippen molar-refractivity contribution in [1.29, 1.82) is 0 Å². The molecule has 1 unspecified atom stereocenters. The van der Waals surface area contributed by atoms with E-state index in [1.165, 1.54) is 0 Å². The summed E-state index contributed by atoms with van der Waals surface area (Å²) in [5, 5.41) is 10.7. The Labute approximate surface area is 109 Å². The maximum absolute atomic E-state index is 10.7. The Morgan fingerprint density at radius 3 is 2.00 bits per heavy atom. The first-order valence-electron chi connectivity index (χ1n) is 5.41. The molecular weight excluding hydrogens is 278 g/mol. The van der Waals surface area contributed by atoms with E-state index < -0.39 is 5.60 Å². The minimum Gasteiger partial charge on any atom is -0.379 e. The largest absolute Gasteiger partial charge is 0.379 e. The number of hydrogen-bond donors (Lipinski definition) is 2. The van der Waals surface area contributed by atoms with Crippen LogP contribution in [0.5, 0.6) is 0 Å². The summed E-state index contributed by atoms with van der Waals surface area (Å²) < 4.78 is 0.980. The van der Waals surface area contributed by atoms with Gasteiger partial charge in [0.15, 0.2) is 0 Å². The zero-order chi connectivity index (χ0) is 12.3. The van der Waals surface area contributed by atoms with Crippen LogP contribution in [0.25, 0.3) is 0 Å². The van der Waals surface area contributed by atoms with Crippen LogP contribution >= 0.6 is 15.9 Å². The van der Waals surface area contributed by atoms with Crippen molar-refractivity contribution in [2.45, 2.75) is 5.60 Å². The fraction of sp³-hybridized carbons (Fsp3) is 0.143. The Morgan fingerprint density at radius 1 is 0.941 bits per heavy atom. The summed E-state index contributed by atoms with van der Waals surface area (Å²) in [5.41, 5.74) is 6.23. The first kappa shape index (κ1) is 12.3. The van der Waals surface area contributed by atoms with Crippen molar-refractivity contribution in [2.75, 3.05) is 6.54 Å². The highest BCUT2D eigenvalue weighted by Gasteiger charge is 2.29. The predicted octanol–water partition coefficient (Wildman–Crippen LogP) is 2.64. The maximum Gasteiger partial charge on any atom is 0.127 e. The highest BCUT2D eigenvalue weighted by Crippen LogP contribution is 2.29. The van der Waals surface area contributed by atoms with E-state index in [2.05, 4.69) is 15.9 Å². The van der Waals surface area contributed by atoms with Gasteiger partial charge in [-0.2, -0.15) is 0 Å². The van der Waals surface area contributed by atoms with Gasteiger partial charge in [-0.1, -0.05) is 58.4 Å². The normalized spacial score (nSPS) is 14.3. The summed E-state index contributed by atoms with van der Waals surface area (Å²) in [6, 6.07) is 17.0. The molecule has 0 spiro atoms. The molecule has 0 aliphatic rings. The van der Waals surface area contributed by atoms with Gasteiger partial charge in [0.2, 0.25) is 0 Å². The Morgan fingerprint density at radius 2 is 1.47 bits per heavy atom. The van der Waals surface area contributed by atoms with Gasteiger partial charge in [-0.3, -0.25) is 0 Å². The summed E-state index contributed by atoms with van der Waals surface area (Å²) in [6.45, 7) is 0.151. The van der Waals surface area contributed by atoms with Crippen LogP contribution in [0.3, 0.4) is 0 Å². The van der Waals surface area contributed by atoms with E-state index >= 15 is 0 Å². The second kappa shape index (κ2) is 5.00. The number of halogens is 1. The molecule has 0 heterocycles. The number of nitrogens with two attached hydrogens (primary N) is 1. The Kier molecular flexibility index (Phi) is 3.62. The monoisotopic (exact) mass is 291 g/mol. The van der Waals surface area contributed by atoms with Crippen LogP contribution < -0.4 is 5.73 Å². The molecule has 0 saturated heterocycles. The lowest BCUT2D eigenvalue weighted by Crippen LogP contribution is -2.36. The van der Waals surface area contributed by atoms with Gasteiger partial charge in [0, 0.05) is 11.0 Å². The lowest BCUT2D eigenvalue weighted by atomic mass is 9.86. The van der Waals surface area contributed by atoms with Crippen LogP contribution in [0.15, 0.2) is 59.1 Å². The maximum atomic E-state index is 10.7. The van der Waals surface area contributed by atoms with E-state index in [4.69, 9.17) is 5.73 Å². The van der Waals surface area contributed by atoms with E-state index in [1.807, 2.05) is 54.6 Å². The third kappa shape index (κ3) is 2.41. The quantitative estimate of drug-likeness (QED) is 0.913. The minimum atomic E-state index is -1.12. The average molecular weight is 292 g/mol. The molecule has 0 radical (unpaired) electrons. The van der Waals surface area contributed by atoms with E-state index in [-0.39, 0.29) is 6.54 Å². The van der Waals surface area contributed by atoms with Crippen LogP contribution in [-0.2, 0) is 5.60 Å². The predicted molar refractivity (Wildman–Crippen MR) is 72.6 cm³/mol. The molecule has 0 aromatic heterocycles. The average Bonchev–Trinajstić information content (AvgIpc) is 2.40. The van der Waals surface area contributed by atoms with Gasteiger partial charge < -0.3 is 10.8 Å². The smallest absolute Gasteiger partial charge is 0.127 e. The Balaban J connectivity index is 2.48. The standard InChI is InChI=1S/C14H14BrNO/c15-13-8-6-12(7-9-13)14(17,10-16)11-4-2-1-3-5-11/h1-9,17H,10,16H2. The fourth-order valence-electron chi connectivity index (χ4n) is 1.84. The second-order valence-corrected chi connectivity index (χ2v) is 4.85. The molecule has 3 heteroatoms. The molecule has 3 N–H and O–H groups in total. The SMILES string of the molecule is NCC(O)(c1ccccc1)c1ccc(Br)cc1. The van der Waals surface area contributed by atoms with Gasteiger partial charge >= 0.3 is 0 Å². The molecule has 17 heavy (non-hydrogen) atoms. The molecule has 1 atom stereocenters. The number of hydrogen-bond acceptors (Lipinski definition) is 2. The van der Waals surface area contributed by atoms with Crippen molar-refractivity contribution in [3.05, 3.63) is 70.2 Å². The van der Waals surface area contributed by atoms with Crippen LogP contribution in [-0.4, -0.2) is 11.7 Å². The molecule has 0 fully saturated rings. The van der Waals surface area contributed by atoms with Crippen LogP contribution in [0, 0.1) is 0 Å². The van der Waals surface area contributed by atoms with Gasteiger partial charge in [0.25, 0.3) is 0 Å². The van der Waals surface area contributed by atoms with E-state index in [1.54, 1.807) is 0 Å². The number of aliphatic hydroxyl groups is 1. The van der Waals surface area contributed by atoms with Crippen molar-refractivity contribution in [2.24, 2.45) is 5.73 Å². The Hall–Kier alpha value is -1.16. The molecule has 0 amide bonds. The first-order chi connectivity index (χ1) is 8.16. The minimum absolute atomic E-state index is 0.151. The molecule has 2 aromatic carbocycles. The van der Waals surface area contributed by atoms with Gasteiger partial charge in [-0.25, -0.2) is 0 Å². The Bertz CT molecular complexity index is 483. The highest BCUT2D eigenvalue weighted by molar-refractivity contribution is 9.10. The zero-order valence-electron chi connectivity index (χ0n) is 9.31. The number of benzene rings is 2. The molecule has 0 saturated carbocycles. The van der Waals surface area contributed by atoms with E-state index in [0.717, 1.165) is 15.6 Å². The van der Waals surface area contributed by atoms with Crippen molar-refractivity contribution in [1.82, 2.24) is 0 Å². The summed E-state index contributed by atoms with van der Waals surface area (Å²) in [5.74, 6) is 0. The third-order valence-corrected chi connectivity index (χ3v) is 3.40.